The third kappa shape index (κ3) is 4.21. The summed E-state index contributed by atoms with van der Waals surface area (Å²) < 4.78 is 5.47. The van der Waals surface area contributed by atoms with Gasteiger partial charge in [-0.2, -0.15) is 0 Å². The van der Waals surface area contributed by atoms with E-state index in [0.29, 0.717) is 6.54 Å². The molecule has 21 heavy (non-hydrogen) atoms. The molecular formula is C17H26N2O2. The van der Waals surface area contributed by atoms with E-state index in [1.54, 1.807) is 4.90 Å². The molecule has 1 heterocycles. The number of rotatable bonds is 2. The molecule has 0 aromatic heterocycles. The van der Waals surface area contributed by atoms with Gasteiger partial charge >= 0.3 is 6.09 Å². The van der Waals surface area contributed by atoms with Crippen molar-refractivity contribution in [2.45, 2.75) is 45.9 Å². The van der Waals surface area contributed by atoms with Crippen molar-refractivity contribution in [3.8, 4) is 0 Å². The third-order valence-electron chi connectivity index (χ3n) is 3.50. The van der Waals surface area contributed by atoms with Crippen LogP contribution in [0.15, 0.2) is 18.2 Å². The Hall–Kier alpha value is -1.55. The van der Waals surface area contributed by atoms with Crippen LogP contribution in [-0.4, -0.2) is 42.1 Å². The Morgan fingerprint density at radius 3 is 2.67 bits per heavy atom. The van der Waals surface area contributed by atoms with Gasteiger partial charge in [-0.15, -0.1) is 0 Å². The van der Waals surface area contributed by atoms with Crippen molar-refractivity contribution >= 4 is 6.09 Å². The van der Waals surface area contributed by atoms with Crippen molar-refractivity contribution in [1.82, 2.24) is 9.80 Å². The van der Waals surface area contributed by atoms with E-state index in [4.69, 9.17) is 4.74 Å². The highest BCUT2D eigenvalue weighted by molar-refractivity contribution is 5.68. The molecule has 4 nitrogen and oxygen atoms in total. The van der Waals surface area contributed by atoms with Gasteiger partial charge in [0.05, 0.1) is 0 Å². The molecule has 1 aliphatic rings. The maximum absolute atomic E-state index is 12.2. The van der Waals surface area contributed by atoms with Crippen LogP contribution in [0.5, 0.6) is 0 Å². The number of fused-ring (bicyclic) bond motifs is 1. The van der Waals surface area contributed by atoms with E-state index in [0.717, 1.165) is 19.5 Å². The predicted molar refractivity (Wildman–Crippen MR) is 84.2 cm³/mol. The molecule has 1 aliphatic heterocycles. The molecule has 0 bridgehead atoms. The lowest BCUT2D eigenvalue weighted by Crippen LogP contribution is -2.40. The van der Waals surface area contributed by atoms with E-state index < -0.39 is 5.60 Å². The minimum atomic E-state index is -0.440. The van der Waals surface area contributed by atoms with E-state index in [9.17, 15) is 4.79 Å². The fourth-order valence-electron chi connectivity index (χ4n) is 2.66. The van der Waals surface area contributed by atoms with Crippen molar-refractivity contribution in [1.29, 1.82) is 0 Å². The van der Waals surface area contributed by atoms with Crippen LogP contribution in [0.2, 0.25) is 0 Å². The second kappa shape index (κ2) is 6.06. The molecule has 4 heteroatoms. The summed E-state index contributed by atoms with van der Waals surface area (Å²) in [5.41, 5.74) is 3.56. The summed E-state index contributed by atoms with van der Waals surface area (Å²) in [5.74, 6) is 0. The van der Waals surface area contributed by atoms with Gasteiger partial charge in [-0.1, -0.05) is 18.2 Å². The molecule has 1 amide bonds. The number of amides is 1. The highest BCUT2D eigenvalue weighted by Crippen LogP contribution is 2.24. The fraction of sp³-hybridized carbons (Fsp3) is 0.588. The monoisotopic (exact) mass is 290 g/mol. The zero-order valence-electron chi connectivity index (χ0n) is 13.8. The van der Waals surface area contributed by atoms with Gasteiger partial charge in [0.25, 0.3) is 0 Å². The number of nitrogens with zero attached hydrogens (tertiary/aromatic N) is 2. The van der Waals surface area contributed by atoms with Crippen molar-refractivity contribution in [3.05, 3.63) is 34.9 Å². The number of hydrogen-bond acceptors (Lipinski definition) is 3. The summed E-state index contributed by atoms with van der Waals surface area (Å²) in [6, 6.07) is 6.38. The summed E-state index contributed by atoms with van der Waals surface area (Å²) in [5, 5.41) is 0. The largest absolute Gasteiger partial charge is 0.444 e. The molecule has 116 valence electrons. The van der Waals surface area contributed by atoms with E-state index in [2.05, 4.69) is 37.2 Å². The van der Waals surface area contributed by atoms with E-state index in [1.807, 2.05) is 20.8 Å². The van der Waals surface area contributed by atoms with Crippen molar-refractivity contribution in [2.24, 2.45) is 0 Å². The fourth-order valence-corrected chi connectivity index (χ4v) is 2.66. The summed E-state index contributed by atoms with van der Waals surface area (Å²) in [6.45, 7) is 8.02. The Bertz CT molecular complexity index is 518. The average molecular weight is 290 g/mol. The van der Waals surface area contributed by atoms with Gasteiger partial charge in [0.1, 0.15) is 5.60 Å². The lowest BCUT2D eigenvalue weighted by atomic mass is 9.94. The van der Waals surface area contributed by atoms with Crippen LogP contribution in [0, 0.1) is 0 Å². The van der Waals surface area contributed by atoms with Gasteiger partial charge in [-0.25, -0.2) is 4.79 Å². The Morgan fingerprint density at radius 1 is 1.33 bits per heavy atom. The molecule has 0 radical (unpaired) electrons. The molecule has 1 aromatic carbocycles. The third-order valence-corrected chi connectivity index (χ3v) is 3.50. The van der Waals surface area contributed by atoms with Gasteiger partial charge in [-0.3, -0.25) is 0 Å². The first-order valence-corrected chi connectivity index (χ1v) is 7.48. The standard InChI is InChI=1S/C17H26N2O2/c1-17(2,3)21-16(20)19-10-9-15-13(11-18(4)5)7-6-8-14(15)12-19/h6-8H,9-12H2,1-5H3. The SMILES string of the molecule is CN(C)Cc1cccc2c1CCN(C(=O)OC(C)(C)C)C2. The van der Waals surface area contributed by atoms with Crippen molar-refractivity contribution in [2.75, 3.05) is 20.6 Å². The first-order chi connectivity index (χ1) is 9.76. The number of carbonyl (C=O) groups excluding carboxylic acids is 1. The van der Waals surface area contributed by atoms with Crippen LogP contribution in [0.1, 0.15) is 37.5 Å². The van der Waals surface area contributed by atoms with E-state index in [1.165, 1.54) is 16.7 Å². The quantitative estimate of drug-likeness (QED) is 0.839. The molecule has 0 atom stereocenters. The molecule has 0 unspecified atom stereocenters. The maximum Gasteiger partial charge on any atom is 0.410 e. The first kappa shape index (κ1) is 15.8. The maximum atomic E-state index is 12.2. The molecule has 0 aliphatic carbocycles. The Kier molecular flexibility index (Phi) is 4.57. The second-order valence-corrected chi connectivity index (χ2v) is 6.94. The number of benzene rings is 1. The van der Waals surface area contributed by atoms with Crippen LogP contribution >= 0.6 is 0 Å². The average Bonchev–Trinajstić information content (AvgIpc) is 2.35. The molecule has 2 rings (SSSR count). The Morgan fingerprint density at radius 2 is 2.05 bits per heavy atom. The van der Waals surface area contributed by atoms with Gasteiger partial charge in [0.2, 0.25) is 0 Å². The smallest absolute Gasteiger partial charge is 0.410 e. The van der Waals surface area contributed by atoms with Crippen LogP contribution < -0.4 is 0 Å². The molecule has 1 aromatic rings. The van der Waals surface area contributed by atoms with Crippen molar-refractivity contribution in [3.63, 3.8) is 0 Å². The Labute approximate surface area is 127 Å². The number of hydrogen-bond donors (Lipinski definition) is 0. The van der Waals surface area contributed by atoms with Gasteiger partial charge in [0.15, 0.2) is 0 Å². The molecule has 0 N–H and O–H groups in total. The second-order valence-electron chi connectivity index (χ2n) is 6.94. The van der Waals surface area contributed by atoms with E-state index in [-0.39, 0.29) is 6.09 Å². The lowest BCUT2D eigenvalue weighted by Gasteiger charge is -2.32. The number of ether oxygens (including phenoxy) is 1. The Balaban J connectivity index is 2.12. The molecule has 0 saturated heterocycles. The normalized spacial score (nSPS) is 15.0. The van der Waals surface area contributed by atoms with Gasteiger partial charge < -0.3 is 14.5 Å². The van der Waals surface area contributed by atoms with Crippen LogP contribution in [0.25, 0.3) is 0 Å². The van der Waals surface area contributed by atoms with Crippen LogP contribution in [0.4, 0.5) is 4.79 Å². The first-order valence-electron chi connectivity index (χ1n) is 7.48. The topological polar surface area (TPSA) is 32.8 Å². The summed E-state index contributed by atoms with van der Waals surface area (Å²) in [4.78, 5) is 16.2. The zero-order chi connectivity index (χ0) is 15.6. The minimum absolute atomic E-state index is 0.217. The van der Waals surface area contributed by atoms with Gasteiger partial charge in [-0.05, 0) is 58.0 Å². The number of carbonyl (C=O) groups is 1. The molecular weight excluding hydrogens is 264 g/mol. The van der Waals surface area contributed by atoms with Crippen LogP contribution in [0.3, 0.4) is 0 Å². The zero-order valence-corrected chi connectivity index (χ0v) is 13.8. The van der Waals surface area contributed by atoms with Gasteiger partial charge in [0, 0.05) is 19.6 Å². The molecule has 0 saturated carbocycles. The predicted octanol–water partition coefficient (Wildman–Crippen LogP) is 3.04. The van der Waals surface area contributed by atoms with E-state index >= 15 is 0 Å². The highest BCUT2D eigenvalue weighted by Gasteiger charge is 2.26. The highest BCUT2D eigenvalue weighted by atomic mass is 16.6. The van der Waals surface area contributed by atoms with Crippen LogP contribution in [-0.2, 0) is 24.2 Å². The molecule has 0 fully saturated rings. The lowest BCUT2D eigenvalue weighted by molar-refractivity contribution is 0.0223. The summed E-state index contributed by atoms with van der Waals surface area (Å²) in [6.07, 6.45) is 0.685. The summed E-state index contributed by atoms with van der Waals surface area (Å²) in [7, 11) is 4.16. The minimum Gasteiger partial charge on any atom is -0.444 e. The summed E-state index contributed by atoms with van der Waals surface area (Å²) >= 11 is 0. The van der Waals surface area contributed by atoms with Crippen molar-refractivity contribution < 1.29 is 9.53 Å². The molecule has 0 spiro atoms.